The van der Waals surface area contributed by atoms with Crippen molar-refractivity contribution in [3.8, 4) is 11.9 Å². The second-order valence-corrected chi connectivity index (χ2v) is 5.66. The zero-order chi connectivity index (χ0) is 17.1. The molecule has 2 aromatic heterocycles. The summed E-state index contributed by atoms with van der Waals surface area (Å²) in [5.74, 6) is 1.19. The first kappa shape index (κ1) is 16.7. The second-order valence-electron chi connectivity index (χ2n) is 5.66. The van der Waals surface area contributed by atoms with Crippen LogP contribution < -0.4 is 20.1 Å². The highest BCUT2D eigenvalue weighted by Gasteiger charge is 2.13. The van der Waals surface area contributed by atoms with Gasteiger partial charge in [-0.1, -0.05) is 0 Å². The molecule has 124 valence electrons. The maximum absolute atomic E-state index is 11.7. The van der Waals surface area contributed by atoms with Gasteiger partial charge in [-0.15, -0.1) is 5.10 Å². The molecular formula is C14H21N7O2. The van der Waals surface area contributed by atoms with Crippen LogP contribution in [-0.4, -0.2) is 52.9 Å². The monoisotopic (exact) mass is 319 g/mol. The standard InChI is InChI=1S/C14H21N7O2/c1-9(2)21-11(22)8-7-10(18-21)23-14-16-12(19(3)4)15-13(17-14)20(5)6/h7-9H,1-6H3. The van der Waals surface area contributed by atoms with E-state index in [0.717, 1.165) is 0 Å². The SMILES string of the molecule is CC(C)n1nc(Oc2nc(N(C)C)nc(N(C)C)n2)ccc1=O. The van der Waals surface area contributed by atoms with Crippen LogP contribution >= 0.6 is 0 Å². The lowest BCUT2D eigenvalue weighted by Crippen LogP contribution is -2.24. The Kier molecular flexibility index (Phi) is 4.77. The van der Waals surface area contributed by atoms with Gasteiger partial charge in [0.25, 0.3) is 5.56 Å². The molecule has 0 aliphatic heterocycles. The largest absolute Gasteiger partial charge is 0.403 e. The summed E-state index contributed by atoms with van der Waals surface area (Å²) < 4.78 is 6.96. The predicted octanol–water partition coefficient (Wildman–Crippen LogP) is 0.933. The van der Waals surface area contributed by atoms with Crippen molar-refractivity contribution >= 4 is 11.9 Å². The molecule has 0 N–H and O–H groups in total. The van der Waals surface area contributed by atoms with Crippen LogP contribution in [0, 0.1) is 0 Å². The zero-order valence-corrected chi connectivity index (χ0v) is 14.2. The van der Waals surface area contributed by atoms with Crippen molar-refractivity contribution < 1.29 is 4.74 Å². The molecule has 0 aliphatic carbocycles. The lowest BCUT2D eigenvalue weighted by atomic mass is 10.4. The molecule has 0 fully saturated rings. The van der Waals surface area contributed by atoms with E-state index in [1.54, 1.807) is 9.80 Å². The number of anilines is 2. The van der Waals surface area contributed by atoms with Crippen LogP contribution in [0.2, 0.25) is 0 Å². The Balaban J connectivity index is 2.39. The number of aromatic nitrogens is 5. The van der Waals surface area contributed by atoms with Gasteiger partial charge in [0.05, 0.1) is 6.04 Å². The Hall–Kier alpha value is -2.71. The minimum Gasteiger partial charge on any atom is -0.403 e. The van der Waals surface area contributed by atoms with Crippen LogP contribution in [0.4, 0.5) is 11.9 Å². The summed E-state index contributed by atoms with van der Waals surface area (Å²) in [6.45, 7) is 3.74. The fourth-order valence-electron chi connectivity index (χ4n) is 1.71. The molecule has 0 saturated heterocycles. The summed E-state index contributed by atoms with van der Waals surface area (Å²) in [4.78, 5) is 28.0. The van der Waals surface area contributed by atoms with Crippen LogP contribution in [0.25, 0.3) is 0 Å². The molecule has 23 heavy (non-hydrogen) atoms. The molecule has 9 nitrogen and oxygen atoms in total. The van der Waals surface area contributed by atoms with Crippen LogP contribution in [0.5, 0.6) is 11.9 Å². The van der Waals surface area contributed by atoms with E-state index >= 15 is 0 Å². The van der Waals surface area contributed by atoms with E-state index in [1.807, 2.05) is 42.0 Å². The molecule has 0 aromatic carbocycles. The summed E-state index contributed by atoms with van der Waals surface area (Å²) in [5, 5.41) is 4.17. The summed E-state index contributed by atoms with van der Waals surface area (Å²) in [6.07, 6.45) is 0. The molecule has 0 atom stereocenters. The molecule has 0 spiro atoms. The lowest BCUT2D eigenvalue weighted by molar-refractivity contribution is 0.387. The highest BCUT2D eigenvalue weighted by Crippen LogP contribution is 2.19. The Bertz CT molecular complexity index is 714. The van der Waals surface area contributed by atoms with Crippen molar-refractivity contribution in [1.82, 2.24) is 24.7 Å². The summed E-state index contributed by atoms with van der Waals surface area (Å²) in [6, 6.07) is 2.95. The highest BCUT2D eigenvalue weighted by atomic mass is 16.5. The minimum absolute atomic E-state index is 0.0703. The van der Waals surface area contributed by atoms with Crippen molar-refractivity contribution in [2.24, 2.45) is 0 Å². The van der Waals surface area contributed by atoms with E-state index < -0.39 is 0 Å². The zero-order valence-electron chi connectivity index (χ0n) is 14.2. The number of hydrogen-bond donors (Lipinski definition) is 0. The third-order valence-corrected chi connectivity index (χ3v) is 2.88. The van der Waals surface area contributed by atoms with Gasteiger partial charge in [-0.2, -0.15) is 15.0 Å². The van der Waals surface area contributed by atoms with Crippen molar-refractivity contribution in [2.75, 3.05) is 38.0 Å². The number of nitrogens with zero attached hydrogens (tertiary/aromatic N) is 7. The van der Waals surface area contributed by atoms with Crippen molar-refractivity contribution in [3.63, 3.8) is 0 Å². The number of rotatable bonds is 5. The molecule has 9 heteroatoms. The van der Waals surface area contributed by atoms with Gasteiger partial charge in [0.15, 0.2) is 0 Å². The van der Waals surface area contributed by atoms with Crippen molar-refractivity contribution in [3.05, 3.63) is 22.5 Å². The van der Waals surface area contributed by atoms with Crippen LogP contribution in [0.3, 0.4) is 0 Å². The average Bonchev–Trinajstić information content (AvgIpc) is 2.48. The topological polar surface area (TPSA) is 89.3 Å². The lowest BCUT2D eigenvalue weighted by Gasteiger charge is -2.16. The Labute approximate surface area is 134 Å². The van der Waals surface area contributed by atoms with Crippen LogP contribution in [-0.2, 0) is 0 Å². The molecular weight excluding hydrogens is 298 g/mol. The molecule has 0 amide bonds. The quantitative estimate of drug-likeness (QED) is 0.804. The first-order valence-electron chi connectivity index (χ1n) is 7.16. The molecule has 0 saturated carbocycles. The van der Waals surface area contributed by atoms with Gasteiger partial charge in [-0.25, -0.2) is 4.68 Å². The third kappa shape index (κ3) is 3.93. The second kappa shape index (κ2) is 6.59. The van der Waals surface area contributed by atoms with Gasteiger partial charge >= 0.3 is 6.01 Å². The summed E-state index contributed by atoms with van der Waals surface area (Å²) in [5.41, 5.74) is -0.189. The fraction of sp³-hybridized carbons (Fsp3) is 0.500. The molecule has 0 bridgehead atoms. The fourth-order valence-corrected chi connectivity index (χ4v) is 1.71. The third-order valence-electron chi connectivity index (χ3n) is 2.88. The molecule has 0 aliphatic rings. The molecule has 2 rings (SSSR count). The highest BCUT2D eigenvalue weighted by molar-refractivity contribution is 5.38. The Morgan fingerprint density at radius 3 is 2.04 bits per heavy atom. The number of hydrogen-bond acceptors (Lipinski definition) is 8. The predicted molar refractivity (Wildman–Crippen MR) is 87.4 cm³/mol. The van der Waals surface area contributed by atoms with Crippen molar-refractivity contribution in [2.45, 2.75) is 19.9 Å². The first-order valence-corrected chi connectivity index (χ1v) is 7.16. The maximum Gasteiger partial charge on any atom is 0.330 e. The molecule has 0 unspecified atom stereocenters. The van der Waals surface area contributed by atoms with Gasteiger partial charge in [0.2, 0.25) is 17.8 Å². The van der Waals surface area contributed by atoms with E-state index in [0.29, 0.717) is 11.9 Å². The molecule has 2 aromatic rings. The minimum atomic E-state index is -0.189. The van der Waals surface area contributed by atoms with Gasteiger partial charge in [0, 0.05) is 40.3 Å². The van der Waals surface area contributed by atoms with Gasteiger partial charge in [-0.05, 0) is 13.8 Å². The average molecular weight is 319 g/mol. The molecule has 0 radical (unpaired) electrons. The Morgan fingerprint density at radius 2 is 1.57 bits per heavy atom. The Morgan fingerprint density at radius 1 is 1.00 bits per heavy atom. The van der Waals surface area contributed by atoms with Gasteiger partial charge in [-0.3, -0.25) is 4.79 Å². The van der Waals surface area contributed by atoms with Crippen LogP contribution in [0.15, 0.2) is 16.9 Å². The molecule has 2 heterocycles. The normalized spacial score (nSPS) is 10.7. The van der Waals surface area contributed by atoms with Crippen LogP contribution in [0.1, 0.15) is 19.9 Å². The maximum atomic E-state index is 11.7. The smallest absolute Gasteiger partial charge is 0.330 e. The van der Waals surface area contributed by atoms with E-state index in [4.69, 9.17) is 4.74 Å². The first-order chi connectivity index (χ1) is 10.8. The summed E-state index contributed by atoms with van der Waals surface area (Å²) >= 11 is 0. The van der Waals surface area contributed by atoms with E-state index in [2.05, 4.69) is 20.1 Å². The van der Waals surface area contributed by atoms with E-state index in [9.17, 15) is 4.79 Å². The summed E-state index contributed by atoms with van der Waals surface area (Å²) in [7, 11) is 7.32. The van der Waals surface area contributed by atoms with E-state index in [-0.39, 0.29) is 23.5 Å². The van der Waals surface area contributed by atoms with E-state index in [1.165, 1.54) is 16.8 Å². The van der Waals surface area contributed by atoms with Gasteiger partial charge in [0.1, 0.15) is 0 Å². The number of ether oxygens (including phenoxy) is 1. The van der Waals surface area contributed by atoms with Crippen molar-refractivity contribution in [1.29, 1.82) is 0 Å². The van der Waals surface area contributed by atoms with Gasteiger partial charge < -0.3 is 14.5 Å².